The molecule has 0 saturated carbocycles. The van der Waals surface area contributed by atoms with Crippen LogP contribution in [0.4, 0.5) is 0 Å². The molecule has 112 valence electrons. The monoisotopic (exact) mass is 280 g/mol. The van der Waals surface area contributed by atoms with Gasteiger partial charge < -0.3 is 14.2 Å². The summed E-state index contributed by atoms with van der Waals surface area (Å²) in [4.78, 5) is 11.6. The lowest BCUT2D eigenvalue weighted by Gasteiger charge is -2.19. The van der Waals surface area contributed by atoms with Crippen LogP contribution >= 0.6 is 0 Å². The summed E-state index contributed by atoms with van der Waals surface area (Å²) in [6.45, 7) is 7.76. The minimum atomic E-state index is -0.333. The quantitative estimate of drug-likeness (QED) is 0.568. The molecule has 0 atom stereocenters. The second-order valence-corrected chi connectivity index (χ2v) is 5.52. The maximum absolute atomic E-state index is 11.6. The normalized spacial score (nSPS) is 11.4. The van der Waals surface area contributed by atoms with Gasteiger partial charge in [-0.15, -0.1) is 0 Å². The van der Waals surface area contributed by atoms with Crippen molar-refractivity contribution >= 4 is 5.97 Å². The summed E-state index contributed by atoms with van der Waals surface area (Å²) in [5, 5.41) is 0. The molecule has 0 N–H and O–H groups in total. The average molecular weight is 280 g/mol. The lowest BCUT2D eigenvalue weighted by Crippen LogP contribution is -2.20. The van der Waals surface area contributed by atoms with E-state index >= 15 is 0 Å². The average Bonchev–Trinajstić information content (AvgIpc) is 2.41. The molecule has 20 heavy (non-hydrogen) atoms. The van der Waals surface area contributed by atoms with Gasteiger partial charge in [0.2, 0.25) is 0 Å². The van der Waals surface area contributed by atoms with E-state index in [9.17, 15) is 4.79 Å². The van der Waals surface area contributed by atoms with E-state index in [4.69, 9.17) is 14.2 Å². The van der Waals surface area contributed by atoms with Crippen molar-refractivity contribution in [2.24, 2.45) is 0 Å². The summed E-state index contributed by atoms with van der Waals surface area (Å²) in [6.07, 6.45) is 0.831. The fourth-order valence-electron chi connectivity index (χ4n) is 1.68. The Kier molecular flexibility index (Phi) is 6.68. The molecule has 0 amide bonds. The zero-order valence-electron chi connectivity index (χ0n) is 12.8. The van der Waals surface area contributed by atoms with Crippen LogP contribution in [-0.4, -0.2) is 31.9 Å². The maximum Gasteiger partial charge on any atom is 0.338 e. The van der Waals surface area contributed by atoms with E-state index in [1.807, 2.05) is 39.0 Å². The van der Waals surface area contributed by atoms with Gasteiger partial charge in [-0.2, -0.15) is 0 Å². The predicted molar refractivity (Wildman–Crippen MR) is 77.8 cm³/mol. The highest BCUT2D eigenvalue weighted by Crippen LogP contribution is 2.12. The van der Waals surface area contributed by atoms with Gasteiger partial charge in [-0.1, -0.05) is 18.2 Å². The van der Waals surface area contributed by atoms with E-state index < -0.39 is 0 Å². The Balaban J connectivity index is 2.34. The number of carbonyl (C=O) groups excluding carboxylic acids is 1. The second-order valence-electron chi connectivity index (χ2n) is 5.52. The number of hydrogen-bond donors (Lipinski definition) is 0. The molecular weight excluding hydrogens is 256 g/mol. The zero-order valence-corrected chi connectivity index (χ0v) is 12.8. The third kappa shape index (κ3) is 6.17. The predicted octanol–water partition coefficient (Wildman–Crippen LogP) is 3.20. The highest BCUT2D eigenvalue weighted by atomic mass is 16.5. The third-order valence-electron chi connectivity index (χ3n) is 2.65. The summed E-state index contributed by atoms with van der Waals surface area (Å²) < 4.78 is 15.9. The van der Waals surface area contributed by atoms with Gasteiger partial charge in [-0.05, 0) is 38.8 Å². The van der Waals surface area contributed by atoms with Crippen molar-refractivity contribution in [1.29, 1.82) is 0 Å². The fraction of sp³-hybridized carbons (Fsp3) is 0.562. The molecule has 0 radical (unpaired) electrons. The number of rotatable bonds is 7. The SMILES string of the molecule is COC(=O)c1ccccc1COCCCOC(C)(C)C. The molecule has 4 nitrogen and oxygen atoms in total. The van der Waals surface area contributed by atoms with Gasteiger partial charge in [-0.25, -0.2) is 4.79 Å². The molecule has 0 aliphatic heterocycles. The molecule has 0 aliphatic carbocycles. The van der Waals surface area contributed by atoms with Crippen LogP contribution in [0.2, 0.25) is 0 Å². The van der Waals surface area contributed by atoms with Gasteiger partial charge in [0.25, 0.3) is 0 Å². The molecule has 0 bridgehead atoms. The van der Waals surface area contributed by atoms with Crippen LogP contribution in [-0.2, 0) is 20.8 Å². The number of benzene rings is 1. The molecular formula is C16H24O4. The van der Waals surface area contributed by atoms with Crippen LogP contribution < -0.4 is 0 Å². The molecule has 0 saturated heterocycles. The Labute approximate surface area is 121 Å². The first kappa shape index (κ1) is 16.7. The van der Waals surface area contributed by atoms with Gasteiger partial charge in [-0.3, -0.25) is 0 Å². The first-order valence-electron chi connectivity index (χ1n) is 6.82. The number of ether oxygens (including phenoxy) is 3. The van der Waals surface area contributed by atoms with Crippen molar-refractivity contribution in [1.82, 2.24) is 0 Å². The van der Waals surface area contributed by atoms with Gasteiger partial charge in [0.05, 0.1) is 24.9 Å². The number of carbonyl (C=O) groups is 1. The van der Waals surface area contributed by atoms with Gasteiger partial charge >= 0.3 is 5.97 Å². The zero-order chi connectivity index (χ0) is 15.0. The summed E-state index contributed by atoms with van der Waals surface area (Å²) >= 11 is 0. The first-order valence-corrected chi connectivity index (χ1v) is 6.82. The Morgan fingerprint density at radius 2 is 1.85 bits per heavy atom. The van der Waals surface area contributed by atoms with E-state index in [0.717, 1.165) is 12.0 Å². The minimum Gasteiger partial charge on any atom is -0.465 e. The molecule has 0 aliphatic rings. The fourth-order valence-corrected chi connectivity index (χ4v) is 1.68. The molecule has 1 aromatic rings. The summed E-state index contributed by atoms with van der Waals surface area (Å²) in [6, 6.07) is 7.31. The third-order valence-corrected chi connectivity index (χ3v) is 2.65. The van der Waals surface area contributed by atoms with Gasteiger partial charge in [0.15, 0.2) is 0 Å². The summed E-state index contributed by atoms with van der Waals surface area (Å²) in [5.41, 5.74) is 1.29. The van der Waals surface area contributed by atoms with Crippen LogP contribution in [0, 0.1) is 0 Å². The van der Waals surface area contributed by atoms with Crippen molar-refractivity contribution in [2.45, 2.75) is 39.4 Å². The molecule has 0 heterocycles. The molecule has 1 aromatic carbocycles. The van der Waals surface area contributed by atoms with Crippen molar-refractivity contribution in [3.05, 3.63) is 35.4 Å². The largest absolute Gasteiger partial charge is 0.465 e. The van der Waals surface area contributed by atoms with Crippen LogP contribution in [0.5, 0.6) is 0 Å². The van der Waals surface area contributed by atoms with E-state index in [2.05, 4.69) is 0 Å². The molecule has 0 unspecified atom stereocenters. The first-order chi connectivity index (χ1) is 9.44. The van der Waals surface area contributed by atoms with Crippen molar-refractivity contribution in [3.8, 4) is 0 Å². The topological polar surface area (TPSA) is 44.8 Å². The van der Waals surface area contributed by atoms with E-state index in [1.54, 1.807) is 6.07 Å². The lowest BCUT2D eigenvalue weighted by atomic mass is 10.1. The number of methoxy groups -OCH3 is 1. The smallest absolute Gasteiger partial charge is 0.338 e. The molecule has 4 heteroatoms. The minimum absolute atomic E-state index is 0.114. The maximum atomic E-state index is 11.6. The standard InChI is InChI=1S/C16H24O4/c1-16(2,3)20-11-7-10-19-12-13-8-5-6-9-14(13)15(17)18-4/h5-6,8-9H,7,10-12H2,1-4H3. The van der Waals surface area contributed by atoms with E-state index in [1.165, 1.54) is 7.11 Å². The van der Waals surface area contributed by atoms with Crippen LogP contribution in [0.3, 0.4) is 0 Å². The van der Waals surface area contributed by atoms with E-state index in [0.29, 0.717) is 25.4 Å². The lowest BCUT2D eigenvalue weighted by molar-refractivity contribution is -0.0151. The molecule has 0 aromatic heterocycles. The highest BCUT2D eigenvalue weighted by molar-refractivity contribution is 5.90. The van der Waals surface area contributed by atoms with Crippen molar-refractivity contribution in [2.75, 3.05) is 20.3 Å². The molecule has 0 spiro atoms. The van der Waals surface area contributed by atoms with Gasteiger partial charge in [0, 0.05) is 13.2 Å². The summed E-state index contributed by atoms with van der Waals surface area (Å²) in [5.74, 6) is -0.333. The Hall–Kier alpha value is -1.39. The van der Waals surface area contributed by atoms with Crippen molar-refractivity contribution in [3.63, 3.8) is 0 Å². The van der Waals surface area contributed by atoms with Crippen LogP contribution in [0.15, 0.2) is 24.3 Å². The highest BCUT2D eigenvalue weighted by Gasteiger charge is 2.11. The van der Waals surface area contributed by atoms with Gasteiger partial charge in [0.1, 0.15) is 0 Å². The number of esters is 1. The Bertz CT molecular complexity index is 421. The second kappa shape index (κ2) is 8.02. The van der Waals surface area contributed by atoms with Crippen LogP contribution in [0.1, 0.15) is 43.1 Å². The van der Waals surface area contributed by atoms with Crippen molar-refractivity contribution < 1.29 is 19.0 Å². The van der Waals surface area contributed by atoms with Crippen LogP contribution in [0.25, 0.3) is 0 Å². The Morgan fingerprint density at radius 3 is 2.50 bits per heavy atom. The Morgan fingerprint density at radius 1 is 1.15 bits per heavy atom. The number of hydrogen-bond acceptors (Lipinski definition) is 4. The van der Waals surface area contributed by atoms with E-state index in [-0.39, 0.29) is 11.6 Å². The molecule has 0 fully saturated rings. The summed E-state index contributed by atoms with van der Waals surface area (Å²) in [7, 11) is 1.38. The molecule has 1 rings (SSSR count).